The normalized spacial score (nSPS) is 11.6. The Bertz CT molecular complexity index is 981. The molecule has 1 atom stereocenters. The third-order valence-corrected chi connectivity index (χ3v) is 5.42. The molecule has 0 radical (unpaired) electrons. The van der Waals surface area contributed by atoms with E-state index in [0.29, 0.717) is 17.9 Å². The number of nitrogens with two attached hydrogens (primary N) is 1. The van der Waals surface area contributed by atoms with E-state index in [2.05, 4.69) is 21.3 Å². The maximum absolute atomic E-state index is 12.7. The molecular weight excluding hydrogens is 506 g/mol. The van der Waals surface area contributed by atoms with Gasteiger partial charge in [0.2, 0.25) is 17.7 Å². The van der Waals surface area contributed by atoms with E-state index in [9.17, 15) is 24.0 Å². The Kier molecular flexibility index (Phi) is 15.4. The van der Waals surface area contributed by atoms with Crippen molar-refractivity contribution in [1.82, 2.24) is 16.0 Å². The zero-order chi connectivity index (χ0) is 29.4. The highest BCUT2D eigenvalue weighted by molar-refractivity contribution is 5.99. The van der Waals surface area contributed by atoms with Crippen molar-refractivity contribution in [3.8, 4) is 0 Å². The predicted octanol–water partition coefficient (Wildman–Crippen LogP) is 1.09. The van der Waals surface area contributed by atoms with E-state index >= 15 is 0 Å². The first-order chi connectivity index (χ1) is 18.5. The molecule has 4 amide bonds. The molecule has 1 unspecified atom stereocenters. The lowest BCUT2D eigenvalue weighted by Gasteiger charge is -2.21. The van der Waals surface area contributed by atoms with Gasteiger partial charge in [0, 0.05) is 42.9 Å². The van der Waals surface area contributed by atoms with E-state index in [0.717, 1.165) is 6.42 Å². The van der Waals surface area contributed by atoms with Crippen LogP contribution in [0.1, 0.15) is 63.4 Å². The van der Waals surface area contributed by atoms with Crippen LogP contribution in [0.15, 0.2) is 18.2 Å². The van der Waals surface area contributed by atoms with Gasteiger partial charge in [0.25, 0.3) is 5.91 Å². The van der Waals surface area contributed by atoms with E-state index in [1.54, 1.807) is 39.8 Å². The van der Waals surface area contributed by atoms with Crippen LogP contribution in [0.4, 0.5) is 5.69 Å². The second kappa shape index (κ2) is 17.9. The average molecular weight is 550 g/mol. The Balaban J connectivity index is 2.80. The molecule has 0 saturated heterocycles. The van der Waals surface area contributed by atoms with Crippen molar-refractivity contribution < 1.29 is 33.4 Å². The molecule has 12 heteroatoms. The molecular formula is C27H43N5O7. The van der Waals surface area contributed by atoms with E-state index < -0.39 is 29.7 Å². The van der Waals surface area contributed by atoms with Crippen molar-refractivity contribution in [3.05, 3.63) is 29.3 Å². The van der Waals surface area contributed by atoms with Gasteiger partial charge in [-0.1, -0.05) is 40.7 Å². The minimum absolute atomic E-state index is 0.111. The van der Waals surface area contributed by atoms with Crippen molar-refractivity contribution in [1.29, 1.82) is 0 Å². The Morgan fingerprint density at radius 1 is 0.974 bits per heavy atom. The molecule has 0 aromatic heterocycles. The number of rotatable bonds is 17. The summed E-state index contributed by atoms with van der Waals surface area (Å²) in [7, 11) is 0. The van der Waals surface area contributed by atoms with E-state index in [-0.39, 0.29) is 62.6 Å². The molecule has 1 rings (SSSR count). The minimum Gasteiger partial charge on any atom is -0.461 e. The summed E-state index contributed by atoms with van der Waals surface area (Å²) in [6.45, 7) is 9.80. The Hall–Kier alpha value is -3.51. The highest BCUT2D eigenvalue weighted by Crippen LogP contribution is 2.18. The molecule has 0 bridgehead atoms. The van der Waals surface area contributed by atoms with Crippen molar-refractivity contribution in [2.24, 2.45) is 17.6 Å². The lowest BCUT2D eigenvalue weighted by Crippen LogP contribution is -2.51. The van der Waals surface area contributed by atoms with Gasteiger partial charge < -0.3 is 36.5 Å². The summed E-state index contributed by atoms with van der Waals surface area (Å²) in [5, 5.41) is 10.5. The Labute approximate surface area is 230 Å². The van der Waals surface area contributed by atoms with Gasteiger partial charge in [-0.25, -0.2) is 0 Å². The summed E-state index contributed by atoms with van der Waals surface area (Å²) in [5.74, 6) is -2.71. The fourth-order valence-electron chi connectivity index (χ4n) is 3.26. The molecule has 0 heterocycles. The maximum Gasteiger partial charge on any atom is 0.308 e. The number of esters is 1. The lowest BCUT2D eigenvalue weighted by atomic mass is 10.0. The van der Waals surface area contributed by atoms with Crippen LogP contribution in [0.25, 0.3) is 0 Å². The van der Waals surface area contributed by atoms with Crippen LogP contribution in [0, 0.1) is 11.8 Å². The molecule has 0 spiro atoms. The molecule has 218 valence electrons. The largest absolute Gasteiger partial charge is 0.461 e. The monoisotopic (exact) mass is 549 g/mol. The molecule has 0 fully saturated rings. The summed E-state index contributed by atoms with van der Waals surface area (Å²) >= 11 is 0. The quantitative estimate of drug-likeness (QED) is 0.142. The minimum atomic E-state index is -0.817. The fourth-order valence-corrected chi connectivity index (χ4v) is 3.26. The van der Waals surface area contributed by atoms with E-state index in [1.807, 2.05) is 6.92 Å². The molecule has 0 aliphatic heterocycles. The SMILES string of the molecule is CCCOCCC(=O)NC(C(=O)NCC(=O)Nc1ccc(COC(=O)C(C)C)c(C(=O)NCCN)c1)C(C)C. The van der Waals surface area contributed by atoms with E-state index in [1.165, 1.54) is 6.07 Å². The van der Waals surface area contributed by atoms with Gasteiger partial charge in [-0.2, -0.15) is 0 Å². The summed E-state index contributed by atoms with van der Waals surface area (Å²) in [5.41, 5.74) is 6.46. The molecule has 1 aromatic rings. The number of nitrogens with one attached hydrogen (secondary N) is 4. The van der Waals surface area contributed by atoms with Gasteiger partial charge in [0.05, 0.1) is 19.1 Å². The fraction of sp³-hybridized carbons (Fsp3) is 0.593. The summed E-state index contributed by atoms with van der Waals surface area (Å²) < 4.78 is 10.6. The van der Waals surface area contributed by atoms with Crippen molar-refractivity contribution in [3.63, 3.8) is 0 Å². The second-order valence-corrected chi connectivity index (χ2v) is 9.60. The third-order valence-electron chi connectivity index (χ3n) is 5.42. The molecule has 6 N–H and O–H groups in total. The first-order valence-corrected chi connectivity index (χ1v) is 13.2. The number of hydrogen-bond acceptors (Lipinski definition) is 8. The van der Waals surface area contributed by atoms with Crippen LogP contribution in [0.5, 0.6) is 0 Å². The number of ether oxygens (including phenoxy) is 2. The van der Waals surface area contributed by atoms with Crippen LogP contribution in [0.2, 0.25) is 0 Å². The Morgan fingerprint density at radius 2 is 1.69 bits per heavy atom. The zero-order valence-electron chi connectivity index (χ0n) is 23.6. The van der Waals surface area contributed by atoms with Crippen molar-refractivity contribution in [2.45, 2.75) is 60.1 Å². The summed E-state index contributed by atoms with van der Waals surface area (Å²) in [6.07, 6.45) is 0.978. The number of benzene rings is 1. The standard InChI is InChI=1S/C27H43N5O7/c1-6-12-38-13-9-22(33)32-24(17(2)3)26(36)30-15-23(34)31-20-8-7-19(16-39-27(37)18(4)5)21(14-20)25(35)29-11-10-28/h7-8,14,17-18,24H,6,9-13,15-16,28H2,1-5H3,(H,29,35)(H,30,36)(H,31,34)(H,32,33). The summed E-state index contributed by atoms with van der Waals surface area (Å²) in [6, 6.07) is 3.79. The van der Waals surface area contributed by atoms with Crippen LogP contribution >= 0.6 is 0 Å². The number of anilines is 1. The van der Waals surface area contributed by atoms with E-state index in [4.69, 9.17) is 15.2 Å². The van der Waals surface area contributed by atoms with Crippen LogP contribution in [-0.4, -0.2) is 68.5 Å². The van der Waals surface area contributed by atoms with Crippen molar-refractivity contribution >= 4 is 35.3 Å². The number of hydrogen-bond donors (Lipinski definition) is 5. The third kappa shape index (κ3) is 12.7. The van der Waals surface area contributed by atoms with Crippen molar-refractivity contribution in [2.75, 3.05) is 38.2 Å². The maximum atomic E-state index is 12.7. The first-order valence-electron chi connectivity index (χ1n) is 13.2. The highest BCUT2D eigenvalue weighted by Gasteiger charge is 2.24. The van der Waals surface area contributed by atoms with Crippen LogP contribution in [0.3, 0.4) is 0 Å². The molecule has 1 aromatic carbocycles. The molecule has 12 nitrogen and oxygen atoms in total. The first kappa shape index (κ1) is 33.5. The van der Waals surface area contributed by atoms with Gasteiger partial charge in [0.1, 0.15) is 12.6 Å². The lowest BCUT2D eigenvalue weighted by molar-refractivity contribution is -0.148. The van der Waals surface area contributed by atoms with Crippen LogP contribution in [-0.2, 0) is 35.3 Å². The highest BCUT2D eigenvalue weighted by atomic mass is 16.5. The number of carbonyl (C=O) groups is 5. The van der Waals surface area contributed by atoms with Gasteiger partial charge in [0.15, 0.2) is 0 Å². The zero-order valence-corrected chi connectivity index (χ0v) is 23.6. The molecule has 0 aliphatic carbocycles. The smallest absolute Gasteiger partial charge is 0.308 e. The molecule has 39 heavy (non-hydrogen) atoms. The summed E-state index contributed by atoms with van der Waals surface area (Å²) in [4.78, 5) is 61.9. The number of amides is 4. The van der Waals surface area contributed by atoms with Crippen LogP contribution < -0.4 is 27.0 Å². The van der Waals surface area contributed by atoms with Gasteiger partial charge >= 0.3 is 5.97 Å². The van der Waals surface area contributed by atoms with Gasteiger partial charge in [-0.3, -0.25) is 24.0 Å². The van der Waals surface area contributed by atoms with Gasteiger partial charge in [-0.05, 0) is 24.5 Å². The molecule has 0 aliphatic rings. The number of carbonyl (C=O) groups excluding carboxylic acids is 5. The van der Waals surface area contributed by atoms with Gasteiger partial charge in [-0.15, -0.1) is 0 Å². The molecule has 0 saturated carbocycles. The second-order valence-electron chi connectivity index (χ2n) is 9.60. The topological polar surface area (TPSA) is 178 Å². The Morgan fingerprint density at radius 3 is 2.31 bits per heavy atom. The average Bonchev–Trinajstić information content (AvgIpc) is 2.90. The predicted molar refractivity (Wildman–Crippen MR) is 147 cm³/mol.